The molecule has 2 aromatic carbocycles. The van der Waals surface area contributed by atoms with Crippen molar-refractivity contribution in [3.05, 3.63) is 93.7 Å². The van der Waals surface area contributed by atoms with Crippen molar-refractivity contribution in [2.24, 2.45) is 7.05 Å². The van der Waals surface area contributed by atoms with Crippen LogP contribution in [0.1, 0.15) is 38.7 Å². The highest BCUT2D eigenvalue weighted by Gasteiger charge is 2.52. The van der Waals surface area contributed by atoms with Gasteiger partial charge in [-0.15, -0.1) is 0 Å². The highest BCUT2D eigenvalue weighted by atomic mass is 19.1. The lowest BCUT2D eigenvalue weighted by Gasteiger charge is -2.28. The molecule has 2 heterocycles. The van der Waals surface area contributed by atoms with Crippen LogP contribution in [0.5, 0.6) is 5.75 Å². The van der Waals surface area contributed by atoms with Crippen molar-refractivity contribution in [3.8, 4) is 5.75 Å². The molecule has 2 atom stereocenters. The third-order valence-corrected chi connectivity index (χ3v) is 5.93. The lowest BCUT2D eigenvalue weighted by Crippen LogP contribution is -2.50. The zero-order valence-electron chi connectivity index (χ0n) is 20.1. The first kappa shape index (κ1) is 25.7. The van der Waals surface area contributed by atoms with Crippen molar-refractivity contribution in [2.45, 2.75) is 24.7 Å². The second kappa shape index (κ2) is 10.7. The fraction of sp³-hybridized carbons (Fsp3) is 0.269. The lowest BCUT2D eigenvalue weighted by atomic mass is 9.95. The third kappa shape index (κ3) is 5.12. The van der Waals surface area contributed by atoms with Crippen molar-refractivity contribution >= 4 is 17.9 Å². The summed E-state index contributed by atoms with van der Waals surface area (Å²) in [6.45, 7) is -0.320. The zero-order valence-corrected chi connectivity index (χ0v) is 20.1. The van der Waals surface area contributed by atoms with Gasteiger partial charge in [-0.05, 0) is 17.7 Å². The molecule has 1 fully saturated rings. The van der Waals surface area contributed by atoms with Gasteiger partial charge in [-0.3, -0.25) is 14.7 Å². The number of ether oxygens (including phenoxy) is 3. The molecule has 0 radical (unpaired) electrons. The van der Waals surface area contributed by atoms with Crippen LogP contribution in [0.4, 0.5) is 4.39 Å². The molecule has 0 amide bonds. The minimum atomic E-state index is -1.88. The topological polar surface area (TPSA) is 126 Å². The predicted molar refractivity (Wildman–Crippen MR) is 128 cm³/mol. The number of methoxy groups -OCH3 is 1. The summed E-state index contributed by atoms with van der Waals surface area (Å²) in [5.74, 6) is -3.84. The Labute approximate surface area is 211 Å². The summed E-state index contributed by atoms with van der Waals surface area (Å²) in [4.78, 5) is 56.1. The van der Waals surface area contributed by atoms with E-state index in [9.17, 15) is 23.6 Å². The van der Waals surface area contributed by atoms with E-state index >= 15 is 0 Å². The molecular formula is C26H24FN3O7. The molecule has 3 aromatic rings. The number of hydrogen-bond donors (Lipinski definition) is 1. The second-order valence-electron chi connectivity index (χ2n) is 8.37. The summed E-state index contributed by atoms with van der Waals surface area (Å²) in [6, 6.07) is 16.7. The number of aromatic nitrogens is 2. The maximum absolute atomic E-state index is 14.5. The Kier molecular flexibility index (Phi) is 7.44. The molecule has 4 rings (SSSR count). The number of rotatable bonds is 7. The number of carbonyl (C=O) groups excluding carboxylic acids is 3. The first-order valence-electron chi connectivity index (χ1n) is 11.3. The molecule has 1 aliphatic heterocycles. The summed E-state index contributed by atoms with van der Waals surface area (Å²) >= 11 is 0. The van der Waals surface area contributed by atoms with Gasteiger partial charge < -0.3 is 14.2 Å². The summed E-state index contributed by atoms with van der Waals surface area (Å²) in [5, 5.41) is 2.78. The standard InChI is InChI=1S/C26H24FN3O7/c1-30-21(31)20(37-22(32)17-11-7-4-8-12-17)19(23(33)35-2)29-24(30)26(13-18(27)14-28-26)25(34)36-15-16-9-5-3-6-10-16/h3-12,18,28H,13-15H2,1-2H3/t18-,26-/m0/s1. The van der Waals surface area contributed by atoms with E-state index in [4.69, 9.17) is 14.2 Å². The Hall–Kier alpha value is -4.38. The van der Waals surface area contributed by atoms with Gasteiger partial charge in [0.2, 0.25) is 5.75 Å². The second-order valence-corrected chi connectivity index (χ2v) is 8.37. The van der Waals surface area contributed by atoms with E-state index < -0.39 is 53.0 Å². The maximum atomic E-state index is 14.5. The van der Waals surface area contributed by atoms with Crippen LogP contribution in [0.25, 0.3) is 0 Å². The van der Waals surface area contributed by atoms with Crippen LogP contribution in [0, 0.1) is 0 Å². The molecule has 0 saturated carbocycles. The van der Waals surface area contributed by atoms with E-state index in [0.717, 1.165) is 11.7 Å². The van der Waals surface area contributed by atoms with Crippen molar-refractivity contribution in [1.82, 2.24) is 14.9 Å². The maximum Gasteiger partial charge on any atom is 0.360 e. The Morgan fingerprint density at radius 1 is 1.08 bits per heavy atom. The molecule has 37 heavy (non-hydrogen) atoms. The van der Waals surface area contributed by atoms with Crippen LogP contribution < -0.4 is 15.6 Å². The monoisotopic (exact) mass is 509 g/mol. The van der Waals surface area contributed by atoms with E-state index in [-0.39, 0.29) is 24.5 Å². The van der Waals surface area contributed by atoms with Crippen LogP contribution in [0.3, 0.4) is 0 Å². The van der Waals surface area contributed by atoms with Crippen molar-refractivity contribution in [3.63, 3.8) is 0 Å². The summed E-state index contributed by atoms with van der Waals surface area (Å²) < 4.78 is 30.9. The zero-order chi connectivity index (χ0) is 26.6. The molecular weight excluding hydrogens is 485 g/mol. The molecule has 10 nitrogen and oxygen atoms in total. The highest BCUT2D eigenvalue weighted by Crippen LogP contribution is 2.33. The Morgan fingerprint density at radius 3 is 2.32 bits per heavy atom. The molecule has 1 saturated heterocycles. The van der Waals surface area contributed by atoms with Gasteiger partial charge in [0.15, 0.2) is 11.2 Å². The first-order valence-corrected chi connectivity index (χ1v) is 11.3. The average Bonchev–Trinajstić information content (AvgIpc) is 3.33. The average molecular weight is 509 g/mol. The smallest absolute Gasteiger partial charge is 0.360 e. The van der Waals surface area contributed by atoms with Gasteiger partial charge in [0, 0.05) is 20.0 Å². The van der Waals surface area contributed by atoms with Crippen molar-refractivity contribution < 1.29 is 33.0 Å². The Morgan fingerprint density at radius 2 is 1.73 bits per heavy atom. The van der Waals surface area contributed by atoms with Gasteiger partial charge in [0.05, 0.1) is 12.7 Å². The highest BCUT2D eigenvalue weighted by molar-refractivity contribution is 5.95. The molecule has 0 aliphatic carbocycles. The SMILES string of the molecule is COC(=O)c1nc([C@]2(C(=O)OCc3ccccc3)C[C@H](F)CN2)n(C)c(=O)c1OC(=O)c1ccccc1. The molecule has 1 N–H and O–H groups in total. The van der Waals surface area contributed by atoms with Gasteiger partial charge >= 0.3 is 17.9 Å². The van der Waals surface area contributed by atoms with Crippen LogP contribution in [-0.4, -0.2) is 47.3 Å². The first-order chi connectivity index (χ1) is 17.8. The summed E-state index contributed by atoms with van der Waals surface area (Å²) in [5.41, 5.74) is -2.64. The largest absolute Gasteiger partial charge is 0.464 e. The number of alkyl halides is 1. The molecule has 0 bridgehead atoms. The molecule has 1 aromatic heterocycles. The number of hydrogen-bond acceptors (Lipinski definition) is 9. The van der Waals surface area contributed by atoms with Gasteiger partial charge in [-0.1, -0.05) is 48.5 Å². The summed E-state index contributed by atoms with van der Waals surface area (Å²) in [6.07, 6.45) is -1.86. The van der Waals surface area contributed by atoms with Gasteiger partial charge in [-0.25, -0.2) is 23.8 Å². The number of carbonyl (C=O) groups is 3. The third-order valence-electron chi connectivity index (χ3n) is 5.93. The molecule has 0 spiro atoms. The molecule has 11 heteroatoms. The Bertz CT molecular complexity index is 1380. The fourth-order valence-electron chi connectivity index (χ4n) is 4.04. The van der Waals surface area contributed by atoms with Crippen molar-refractivity contribution in [1.29, 1.82) is 0 Å². The minimum Gasteiger partial charge on any atom is -0.464 e. The quantitative estimate of drug-likeness (QED) is 0.476. The number of nitrogens with zero attached hydrogens (tertiary/aromatic N) is 2. The lowest BCUT2D eigenvalue weighted by molar-refractivity contribution is -0.153. The van der Waals surface area contributed by atoms with Crippen LogP contribution in [0.15, 0.2) is 65.5 Å². The van der Waals surface area contributed by atoms with E-state index in [1.165, 1.54) is 19.2 Å². The van der Waals surface area contributed by atoms with Crippen LogP contribution in [-0.2, 0) is 33.5 Å². The molecule has 192 valence electrons. The predicted octanol–water partition coefficient (Wildman–Crippen LogP) is 2.06. The fourth-order valence-corrected chi connectivity index (χ4v) is 4.04. The van der Waals surface area contributed by atoms with Gasteiger partial charge in [0.1, 0.15) is 18.6 Å². The van der Waals surface area contributed by atoms with Gasteiger partial charge in [0.25, 0.3) is 5.56 Å². The van der Waals surface area contributed by atoms with Crippen molar-refractivity contribution in [2.75, 3.05) is 13.7 Å². The normalized spacial score (nSPS) is 18.7. The van der Waals surface area contributed by atoms with Crippen LogP contribution in [0.2, 0.25) is 0 Å². The number of nitrogens with one attached hydrogen (secondary N) is 1. The Balaban J connectivity index is 1.77. The van der Waals surface area contributed by atoms with E-state index in [1.807, 2.05) is 0 Å². The van der Waals surface area contributed by atoms with Crippen LogP contribution >= 0.6 is 0 Å². The number of benzene rings is 2. The molecule has 0 unspecified atom stereocenters. The van der Waals surface area contributed by atoms with Gasteiger partial charge in [-0.2, -0.15) is 0 Å². The van der Waals surface area contributed by atoms with E-state index in [1.54, 1.807) is 48.5 Å². The van der Waals surface area contributed by atoms with E-state index in [0.29, 0.717) is 5.56 Å². The molecule has 1 aliphatic rings. The number of halogens is 1. The summed E-state index contributed by atoms with van der Waals surface area (Å²) in [7, 11) is 2.32. The van der Waals surface area contributed by atoms with E-state index in [2.05, 4.69) is 10.3 Å². The minimum absolute atomic E-state index is 0.107. The number of esters is 3.